The molecule has 3 aromatic carbocycles. The van der Waals surface area contributed by atoms with Gasteiger partial charge in [0.1, 0.15) is 6.29 Å². The summed E-state index contributed by atoms with van der Waals surface area (Å²) < 4.78 is 0. The molecular weight excluding hydrogens is 370 g/mol. The highest BCUT2D eigenvalue weighted by Crippen LogP contribution is 2.29. The van der Waals surface area contributed by atoms with Gasteiger partial charge in [-0.3, -0.25) is 4.79 Å². The number of rotatable bonds is 4. The summed E-state index contributed by atoms with van der Waals surface area (Å²) in [6, 6.07) is 27.7. The topological polar surface area (TPSA) is 76.7 Å². The van der Waals surface area contributed by atoms with Gasteiger partial charge in [-0.15, -0.1) is 0 Å². The van der Waals surface area contributed by atoms with Crippen molar-refractivity contribution in [2.24, 2.45) is 0 Å². The second-order valence-electron chi connectivity index (χ2n) is 7.19. The summed E-state index contributed by atoms with van der Waals surface area (Å²) in [7, 11) is 0. The van der Waals surface area contributed by atoms with Crippen LogP contribution in [0.5, 0.6) is 0 Å². The van der Waals surface area contributed by atoms with E-state index in [1.807, 2.05) is 24.3 Å². The maximum absolute atomic E-state index is 10.2. The van der Waals surface area contributed by atoms with Crippen molar-refractivity contribution in [2.45, 2.75) is 31.8 Å². The fourth-order valence-corrected chi connectivity index (χ4v) is 3.64. The first-order chi connectivity index (χ1) is 14.7. The van der Waals surface area contributed by atoms with Crippen molar-refractivity contribution in [3.63, 3.8) is 0 Å². The number of carbonyl (C=O) groups excluding carboxylic acids is 1. The van der Waals surface area contributed by atoms with Gasteiger partial charge in [0.25, 0.3) is 0 Å². The molecule has 0 heterocycles. The number of carbonyl (C=O) groups is 1. The standard InChI is InChI=1S/C18H18N2.C8H5NO/c19-12-14-5-3-6-15(11-14)13-20-18-10-4-8-16-7-1-2-9-17(16)18;9-5-7-2-1-3-8(4-7)6-10/h1-3,5-7,9,11,18,20H,4,8,10,13H2;1-4,6H/t18-;/m0./s1. The Bertz CT molecular complexity index is 1090. The lowest BCUT2D eigenvalue weighted by molar-refractivity contribution is 0.112. The van der Waals surface area contributed by atoms with Gasteiger partial charge in [-0.1, -0.05) is 48.5 Å². The molecule has 3 aromatic rings. The molecule has 4 rings (SSSR count). The van der Waals surface area contributed by atoms with Crippen LogP contribution in [0.1, 0.15) is 57.1 Å². The Kier molecular flexibility index (Phi) is 7.50. The Morgan fingerprint density at radius 2 is 1.67 bits per heavy atom. The maximum atomic E-state index is 10.2. The third-order valence-electron chi connectivity index (χ3n) is 5.13. The SMILES string of the molecule is N#Cc1cccc(C=O)c1.N#Cc1cccc(CN[C@H]2CCCc3ccccc32)c1. The molecule has 1 aliphatic rings. The molecule has 0 bridgehead atoms. The Labute approximate surface area is 177 Å². The van der Waals surface area contributed by atoms with E-state index in [4.69, 9.17) is 10.5 Å². The Morgan fingerprint density at radius 3 is 2.43 bits per heavy atom. The maximum Gasteiger partial charge on any atom is 0.150 e. The minimum Gasteiger partial charge on any atom is -0.306 e. The highest BCUT2D eigenvalue weighted by Gasteiger charge is 2.18. The summed E-state index contributed by atoms with van der Waals surface area (Å²) in [5.41, 5.74) is 5.88. The lowest BCUT2D eigenvalue weighted by atomic mass is 9.87. The average Bonchev–Trinajstić information content (AvgIpc) is 2.83. The fourth-order valence-electron chi connectivity index (χ4n) is 3.64. The van der Waals surface area contributed by atoms with Gasteiger partial charge in [0, 0.05) is 18.2 Å². The summed E-state index contributed by atoms with van der Waals surface area (Å²) in [6.45, 7) is 0.814. The molecule has 0 saturated heterocycles. The molecule has 1 atom stereocenters. The van der Waals surface area contributed by atoms with Crippen LogP contribution < -0.4 is 5.32 Å². The minimum atomic E-state index is 0.436. The zero-order chi connectivity index (χ0) is 21.2. The number of nitrogens with zero attached hydrogens (tertiary/aromatic N) is 2. The summed E-state index contributed by atoms with van der Waals surface area (Å²) in [5, 5.41) is 21.0. The minimum absolute atomic E-state index is 0.436. The van der Waals surface area contributed by atoms with E-state index >= 15 is 0 Å². The number of hydrogen-bond acceptors (Lipinski definition) is 4. The third-order valence-corrected chi connectivity index (χ3v) is 5.13. The molecular formula is C26H23N3O. The monoisotopic (exact) mass is 393 g/mol. The molecule has 0 fully saturated rings. The van der Waals surface area contributed by atoms with Crippen LogP contribution in [0.2, 0.25) is 0 Å². The quantitative estimate of drug-likeness (QED) is 0.626. The van der Waals surface area contributed by atoms with E-state index in [1.165, 1.54) is 36.0 Å². The smallest absolute Gasteiger partial charge is 0.150 e. The molecule has 0 unspecified atom stereocenters. The van der Waals surface area contributed by atoms with Crippen molar-refractivity contribution in [2.75, 3.05) is 0 Å². The zero-order valence-electron chi connectivity index (χ0n) is 16.7. The normalized spacial score (nSPS) is 14.3. The van der Waals surface area contributed by atoms with Crippen LogP contribution in [-0.2, 0) is 13.0 Å². The van der Waals surface area contributed by atoms with Crippen molar-refractivity contribution < 1.29 is 4.79 Å². The first-order valence-corrected chi connectivity index (χ1v) is 9.99. The number of aryl methyl sites for hydroxylation is 1. The van der Waals surface area contributed by atoms with Gasteiger partial charge in [0.05, 0.1) is 23.3 Å². The number of benzene rings is 3. The largest absolute Gasteiger partial charge is 0.306 e. The number of fused-ring (bicyclic) bond motifs is 1. The zero-order valence-corrected chi connectivity index (χ0v) is 16.7. The highest BCUT2D eigenvalue weighted by molar-refractivity contribution is 5.75. The lowest BCUT2D eigenvalue weighted by Gasteiger charge is -2.26. The van der Waals surface area contributed by atoms with Gasteiger partial charge in [0.15, 0.2) is 0 Å². The van der Waals surface area contributed by atoms with Crippen LogP contribution in [0.15, 0.2) is 72.8 Å². The average molecular weight is 393 g/mol. The molecule has 4 nitrogen and oxygen atoms in total. The van der Waals surface area contributed by atoms with Crippen molar-refractivity contribution in [1.82, 2.24) is 5.32 Å². The van der Waals surface area contributed by atoms with E-state index in [2.05, 4.69) is 41.7 Å². The van der Waals surface area contributed by atoms with E-state index in [-0.39, 0.29) is 0 Å². The number of hydrogen-bond donors (Lipinski definition) is 1. The molecule has 0 radical (unpaired) electrons. The fraction of sp³-hybridized carbons (Fsp3) is 0.192. The van der Waals surface area contributed by atoms with Gasteiger partial charge < -0.3 is 5.32 Å². The van der Waals surface area contributed by atoms with Crippen LogP contribution in [0.4, 0.5) is 0 Å². The number of nitriles is 2. The molecule has 0 amide bonds. The number of nitrogens with one attached hydrogen (secondary N) is 1. The molecule has 0 saturated carbocycles. The van der Waals surface area contributed by atoms with Crippen LogP contribution in [0, 0.1) is 22.7 Å². The molecule has 0 aliphatic heterocycles. The summed E-state index contributed by atoms with van der Waals surface area (Å²) in [5.74, 6) is 0. The van der Waals surface area contributed by atoms with Gasteiger partial charge in [0.2, 0.25) is 0 Å². The van der Waals surface area contributed by atoms with Crippen molar-refractivity contribution in [1.29, 1.82) is 10.5 Å². The van der Waals surface area contributed by atoms with Crippen LogP contribution in [0.3, 0.4) is 0 Å². The molecule has 1 aliphatic carbocycles. The molecule has 148 valence electrons. The van der Waals surface area contributed by atoms with Crippen molar-refractivity contribution >= 4 is 6.29 Å². The third kappa shape index (κ3) is 5.64. The van der Waals surface area contributed by atoms with Crippen molar-refractivity contribution in [3.8, 4) is 12.1 Å². The highest BCUT2D eigenvalue weighted by atomic mass is 16.1. The van der Waals surface area contributed by atoms with Crippen molar-refractivity contribution in [3.05, 3.63) is 106 Å². The summed E-state index contributed by atoms with van der Waals surface area (Å²) >= 11 is 0. The van der Waals surface area contributed by atoms with E-state index in [0.29, 0.717) is 17.2 Å². The van der Waals surface area contributed by atoms with Crippen LogP contribution >= 0.6 is 0 Å². The Balaban J connectivity index is 0.000000216. The molecule has 0 spiro atoms. The van der Waals surface area contributed by atoms with Gasteiger partial charge in [-0.05, 0) is 60.2 Å². The first-order valence-electron chi connectivity index (χ1n) is 9.99. The Hall–Kier alpha value is -3.73. The van der Waals surface area contributed by atoms with E-state index in [0.717, 1.165) is 18.4 Å². The van der Waals surface area contributed by atoms with Gasteiger partial charge in [-0.2, -0.15) is 10.5 Å². The second-order valence-corrected chi connectivity index (χ2v) is 7.19. The number of aldehydes is 1. The molecule has 0 aromatic heterocycles. The van der Waals surface area contributed by atoms with E-state index in [9.17, 15) is 4.79 Å². The predicted molar refractivity (Wildman–Crippen MR) is 117 cm³/mol. The van der Waals surface area contributed by atoms with Crippen LogP contribution in [-0.4, -0.2) is 6.29 Å². The van der Waals surface area contributed by atoms with Gasteiger partial charge in [-0.25, -0.2) is 0 Å². The van der Waals surface area contributed by atoms with Gasteiger partial charge >= 0.3 is 0 Å². The first kappa shape index (κ1) is 21.0. The summed E-state index contributed by atoms with van der Waals surface area (Å²) in [6.07, 6.45) is 4.35. The molecule has 1 N–H and O–H groups in total. The predicted octanol–water partition coefficient (Wildman–Crippen LogP) is 5.10. The molecule has 30 heavy (non-hydrogen) atoms. The lowest BCUT2D eigenvalue weighted by Crippen LogP contribution is -2.24. The molecule has 4 heteroatoms. The summed E-state index contributed by atoms with van der Waals surface area (Å²) in [4.78, 5) is 10.2. The van der Waals surface area contributed by atoms with Crippen LogP contribution in [0.25, 0.3) is 0 Å². The van der Waals surface area contributed by atoms with E-state index in [1.54, 1.807) is 24.3 Å². The van der Waals surface area contributed by atoms with E-state index < -0.39 is 0 Å². The Morgan fingerprint density at radius 1 is 0.933 bits per heavy atom. The second kappa shape index (κ2) is 10.7.